The van der Waals surface area contributed by atoms with Crippen LogP contribution in [0, 0.1) is 6.92 Å². The maximum Gasteiger partial charge on any atom is 0.325 e. The smallest absolute Gasteiger partial charge is 0.325 e. The van der Waals surface area contributed by atoms with Gasteiger partial charge < -0.3 is 9.15 Å². The molecule has 0 aliphatic carbocycles. The Morgan fingerprint density at radius 3 is 2.44 bits per heavy atom. The zero-order valence-corrected chi connectivity index (χ0v) is 19.0. The zero-order chi connectivity index (χ0) is 22.6. The Hall–Kier alpha value is -4.29. The van der Waals surface area contributed by atoms with Crippen LogP contribution in [0.25, 0.3) is 53.5 Å². The van der Waals surface area contributed by atoms with Crippen LogP contribution in [0.15, 0.2) is 89.3 Å². The maximum absolute atomic E-state index is 6.22. The van der Waals surface area contributed by atoms with E-state index in [-0.39, 0.29) is 6.01 Å². The number of furan rings is 1. The Morgan fingerprint density at radius 1 is 0.706 bits per heavy atom. The third-order valence-electron chi connectivity index (χ3n) is 5.93. The highest BCUT2D eigenvalue weighted by Gasteiger charge is 2.14. The van der Waals surface area contributed by atoms with Crippen LogP contribution >= 0.6 is 11.3 Å². The van der Waals surface area contributed by atoms with Gasteiger partial charge in [-0.2, -0.15) is 9.97 Å². The van der Waals surface area contributed by atoms with E-state index in [0.29, 0.717) is 11.6 Å². The number of fused-ring (bicyclic) bond motifs is 6. The molecule has 0 aliphatic heterocycles. The number of aryl methyl sites for hydroxylation is 1. The van der Waals surface area contributed by atoms with Crippen molar-refractivity contribution in [2.45, 2.75) is 6.92 Å². The van der Waals surface area contributed by atoms with Gasteiger partial charge in [0.25, 0.3) is 0 Å². The molecule has 4 aromatic carbocycles. The third-order valence-corrected chi connectivity index (χ3v) is 7.13. The predicted molar refractivity (Wildman–Crippen MR) is 137 cm³/mol. The van der Waals surface area contributed by atoms with Gasteiger partial charge in [-0.1, -0.05) is 54.6 Å². The first-order valence-corrected chi connectivity index (χ1v) is 11.8. The first-order valence-electron chi connectivity index (χ1n) is 11.0. The lowest BCUT2D eigenvalue weighted by Crippen LogP contribution is -2.00. The minimum absolute atomic E-state index is 0.275. The van der Waals surface area contributed by atoms with Crippen molar-refractivity contribution in [2.75, 3.05) is 0 Å². The van der Waals surface area contributed by atoms with Crippen LogP contribution < -0.4 is 4.74 Å². The quantitative estimate of drug-likeness (QED) is 0.269. The number of hydrogen-bond acceptors (Lipinski definition) is 6. The summed E-state index contributed by atoms with van der Waals surface area (Å²) in [7, 11) is 0. The van der Waals surface area contributed by atoms with Crippen LogP contribution in [0.2, 0.25) is 0 Å². The first kappa shape index (κ1) is 19.2. The second-order valence-corrected chi connectivity index (χ2v) is 9.18. The fraction of sp³-hybridized carbons (Fsp3) is 0.0357. The van der Waals surface area contributed by atoms with E-state index in [9.17, 15) is 0 Å². The van der Waals surface area contributed by atoms with Crippen LogP contribution in [-0.4, -0.2) is 15.0 Å². The van der Waals surface area contributed by atoms with E-state index in [1.807, 2.05) is 55.5 Å². The molecule has 3 aromatic heterocycles. The minimum Gasteiger partial charge on any atom is -0.456 e. The Labute approximate surface area is 198 Å². The topological polar surface area (TPSA) is 61.0 Å². The van der Waals surface area contributed by atoms with Gasteiger partial charge in [-0.3, -0.25) is 0 Å². The van der Waals surface area contributed by atoms with Crippen LogP contribution in [0.1, 0.15) is 5.82 Å². The molecule has 0 bridgehead atoms. The van der Waals surface area contributed by atoms with Crippen LogP contribution in [0.4, 0.5) is 0 Å². The Morgan fingerprint density at radius 2 is 1.50 bits per heavy atom. The number of benzene rings is 4. The van der Waals surface area contributed by atoms with E-state index in [2.05, 4.69) is 51.4 Å². The van der Waals surface area contributed by atoms with Crippen LogP contribution in [0.3, 0.4) is 0 Å². The highest BCUT2D eigenvalue weighted by molar-refractivity contribution is 7.26. The summed E-state index contributed by atoms with van der Waals surface area (Å²) in [6.45, 7) is 1.85. The summed E-state index contributed by atoms with van der Waals surface area (Å²) >= 11 is 1.71. The summed E-state index contributed by atoms with van der Waals surface area (Å²) in [6.07, 6.45) is 0. The molecule has 0 amide bonds. The molecule has 0 atom stereocenters. The van der Waals surface area contributed by atoms with Gasteiger partial charge in [0.2, 0.25) is 0 Å². The van der Waals surface area contributed by atoms with Gasteiger partial charge in [0.05, 0.1) is 4.70 Å². The van der Waals surface area contributed by atoms with Crippen molar-refractivity contribution in [1.82, 2.24) is 15.0 Å². The average molecular weight is 460 g/mol. The van der Waals surface area contributed by atoms with Crippen LogP contribution in [-0.2, 0) is 0 Å². The highest BCUT2D eigenvalue weighted by Crippen LogP contribution is 2.40. The number of aromatic nitrogens is 3. The van der Waals surface area contributed by atoms with Gasteiger partial charge in [0.15, 0.2) is 5.82 Å². The zero-order valence-electron chi connectivity index (χ0n) is 18.1. The molecule has 0 spiro atoms. The molecule has 0 saturated heterocycles. The fourth-order valence-corrected chi connectivity index (χ4v) is 5.55. The van der Waals surface area contributed by atoms with Crippen molar-refractivity contribution in [2.24, 2.45) is 0 Å². The largest absolute Gasteiger partial charge is 0.456 e. The lowest BCUT2D eigenvalue weighted by atomic mass is 10.1. The minimum atomic E-state index is 0.275. The van der Waals surface area contributed by atoms with E-state index >= 15 is 0 Å². The first-order chi connectivity index (χ1) is 16.7. The molecule has 7 aromatic rings. The lowest BCUT2D eigenvalue weighted by Gasteiger charge is -2.08. The van der Waals surface area contributed by atoms with Crippen LogP contribution in [0.5, 0.6) is 11.8 Å². The molecule has 34 heavy (non-hydrogen) atoms. The van der Waals surface area contributed by atoms with Crippen molar-refractivity contribution in [3.63, 3.8) is 0 Å². The average Bonchev–Trinajstić information content (AvgIpc) is 3.42. The lowest BCUT2D eigenvalue weighted by molar-refractivity contribution is 0.444. The van der Waals surface area contributed by atoms with Gasteiger partial charge in [0, 0.05) is 31.8 Å². The standard InChI is InChI=1S/C28H17N3O2S/c1-16-29-27(17-13-14-19-18-7-2-4-10-22(18)32-24(19)15-17)31-28(30-16)33-23-11-6-9-21-20-8-3-5-12-25(20)34-26(21)23/h2-15H,1H3. The molecule has 6 heteroatoms. The molecular weight excluding hydrogens is 442 g/mol. The van der Waals surface area contributed by atoms with E-state index in [1.165, 1.54) is 15.5 Å². The number of nitrogens with zero attached hydrogens (tertiary/aromatic N) is 3. The van der Waals surface area contributed by atoms with E-state index in [1.54, 1.807) is 11.3 Å². The summed E-state index contributed by atoms with van der Waals surface area (Å²) < 4.78 is 14.6. The van der Waals surface area contributed by atoms with Crippen molar-refractivity contribution in [1.29, 1.82) is 0 Å². The fourth-order valence-electron chi connectivity index (χ4n) is 4.40. The Bertz CT molecular complexity index is 1870. The van der Waals surface area contributed by atoms with Gasteiger partial charge >= 0.3 is 6.01 Å². The molecule has 0 radical (unpaired) electrons. The highest BCUT2D eigenvalue weighted by atomic mass is 32.1. The summed E-state index contributed by atoms with van der Waals surface area (Å²) in [5.74, 6) is 1.88. The van der Waals surface area contributed by atoms with Crippen molar-refractivity contribution in [3.8, 4) is 23.1 Å². The SMILES string of the molecule is Cc1nc(Oc2cccc3c2sc2ccccc23)nc(-c2ccc3c(c2)oc2ccccc23)n1. The molecule has 3 heterocycles. The number of rotatable bonds is 3. The second-order valence-electron chi connectivity index (χ2n) is 8.13. The molecule has 0 saturated carbocycles. The maximum atomic E-state index is 6.22. The van der Waals surface area contributed by atoms with Gasteiger partial charge in [-0.05, 0) is 37.3 Å². The number of para-hydroxylation sites is 1. The molecule has 0 N–H and O–H groups in total. The monoisotopic (exact) mass is 459 g/mol. The molecular formula is C28H17N3O2S. The molecule has 0 unspecified atom stereocenters. The second kappa shape index (κ2) is 7.37. The summed E-state index contributed by atoms with van der Waals surface area (Å²) in [4.78, 5) is 13.7. The van der Waals surface area contributed by atoms with Gasteiger partial charge in [-0.15, -0.1) is 11.3 Å². The molecule has 0 fully saturated rings. The Balaban J connectivity index is 1.31. The number of thiophene rings is 1. The summed E-state index contributed by atoms with van der Waals surface area (Å²) in [5.41, 5.74) is 2.51. The number of hydrogen-bond donors (Lipinski definition) is 0. The van der Waals surface area contributed by atoms with Gasteiger partial charge in [0.1, 0.15) is 22.7 Å². The normalized spacial score (nSPS) is 11.7. The van der Waals surface area contributed by atoms with Crippen molar-refractivity contribution in [3.05, 3.63) is 90.8 Å². The van der Waals surface area contributed by atoms with Gasteiger partial charge in [-0.25, -0.2) is 4.98 Å². The third kappa shape index (κ3) is 3.03. The predicted octanol–water partition coefficient (Wildman–Crippen LogP) is 7.91. The van der Waals surface area contributed by atoms with Crippen molar-refractivity contribution >= 4 is 53.4 Å². The molecule has 0 aliphatic rings. The van der Waals surface area contributed by atoms with E-state index in [0.717, 1.165) is 38.0 Å². The van der Waals surface area contributed by atoms with Crippen molar-refractivity contribution < 1.29 is 9.15 Å². The van der Waals surface area contributed by atoms with E-state index in [4.69, 9.17) is 9.15 Å². The van der Waals surface area contributed by atoms with E-state index < -0.39 is 0 Å². The Kier molecular flexibility index (Phi) is 4.16. The summed E-state index contributed by atoms with van der Waals surface area (Å²) in [6, 6.07) is 28.8. The number of ether oxygens (including phenoxy) is 1. The molecule has 162 valence electrons. The molecule has 7 rings (SSSR count). The molecule has 5 nitrogen and oxygen atoms in total. The summed E-state index contributed by atoms with van der Waals surface area (Å²) in [5, 5.41) is 4.55.